The average molecular weight is 610 g/mol. The summed E-state index contributed by atoms with van der Waals surface area (Å²) in [4.78, 5) is 55.2. The Labute approximate surface area is 256 Å². The number of rotatable bonds is 4. The Morgan fingerprint density at radius 2 is 1.57 bits per heavy atom. The van der Waals surface area contributed by atoms with Crippen LogP contribution < -0.4 is 15.4 Å². The van der Waals surface area contributed by atoms with E-state index < -0.39 is 53.9 Å². The van der Waals surface area contributed by atoms with Gasteiger partial charge in [-0.15, -0.1) is 0 Å². The third-order valence-corrected chi connectivity index (χ3v) is 7.34. The van der Waals surface area contributed by atoms with Gasteiger partial charge in [0.05, 0.1) is 19.8 Å². The molecular weight excluding hydrogens is 570 g/mol. The van der Waals surface area contributed by atoms with Crippen LogP contribution in [0.1, 0.15) is 44.7 Å². The molecule has 2 aromatic carbocycles. The van der Waals surface area contributed by atoms with Crippen molar-refractivity contribution in [3.8, 4) is 11.5 Å². The zero-order valence-electron chi connectivity index (χ0n) is 25.2. The number of nitrogens with zero attached hydrogens (tertiary/aromatic N) is 1. The van der Waals surface area contributed by atoms with Gasteiger partial charge in [0, 0.05) is 19.3 Å². The number of ether oxygens (including phenoxy) is 5. The highest BCUT2D eigenvalue weighted by Gasteiger charge is 2.38. The smallest absolute Gasteiger partial charge is 0.410 e. The molecule has 3 aliphatic rings. The summed E-state index contributed by atoms with van der Waals surface area (Å²) in [5.74, 6) is -0.730. The third-order valence-electron chi connectivity index (χ3n) is 7.34. The van der Waals surface area contributed by atoms with E-state index in [-0.39, 0.29) is 32.4 Å². The van der Waals surface area contributed by atoms with Gasteiger partial charge < -0.3 is 34.3 Å². The molecule has 236 valence electrons. The molecule has 2 fully saturated rings. The molecule has 2 N–H and O–H groups in total. The first kappa shape index (κ1) is 31.3. The first-order valence-electron chi connectivity index (χ1n) is 14.9. The predicted octanol–water partition coefficient (Wildman–Crippen LogP) is 2.86. The van der Waals surface area contributed by atoms with E-state index in [1.807, 2.05) is 12.1 Å². The van der Waals surface area contributed by atoms with Gasteiger partial charge in [0.2, 0.25) is 11.8 Å². The number of cyclic esters (lactones) is 1. The number of carbonyl (C=O) groups excluding carboxylic acids is 4. The maximum Gasteiger partial charge on any atom is 0.410 e. The van der Waals surface area contributed by atoms with Crippen molar-refractivity contribution in [1.82, 2.24) is 15.5 Å². The number of amides is 3. The van der Waals surface area contributed by atoms with Crippen LogP contribution in [-0.2, 0) is 46.2 Å². The van der Waals surface area contributed by atoms with Crippen LogP contribution in [0.5, 0.6) is 11.5 Å². The second kappa shape index (κ2) is 13.6. The van der Waals surface area contributed by atoms with Gasteiger partial charge in [0.15, 0.2) is 6.29 Å². The quantitative estimate of drug-likeness (QED) is 0.501. The molecule has 3 amide bonds. The van der Waals surface area contributed by atoms with Crippen LogP contribution in [0.4, 0.5) is 4.79 Å². The number of esters is 1. The minimum absolute atomic E-state index is 0.00537. The highest BCUT2D eigenvalue weighted by atomic mass is 16.7. The van der Waals surface area contributed by atoms with Crippen molar-refractivity contribution in [3.63, 3.8) is 0 Å². The summed E-state index contributed by atoms with van der Waals surface area (Å²) in [6, 6.07) is 11.3. The van der Waals surface area contributed by atoms with E-state index in [0.717, 1.165) is 11.1 Å². The summed E-state index contributed by atoms with van der Waals surface area (Å²) >= 11 is 0. The van der Waals surface area contributed by atoms with Crippen LogP contribution in [0.25, 0.3) is 0 Å². The molecule has 2 saturated heterocycles. The fourth-order valence-electron chi connectivity index (χ4n) is 5.30. The highest BCUT2D eigenvalue weighted by molar-refractivity contribution is 5.93. The zero-order chi connectivity index (χ0) is 31.3. The van der Waals surface area contributed by atoms with Crippen molar-refractivity contribution >= 4 is 23.9 Å². The summed E-state index contributed by atoms with van der Waals surface area (Å²) in [5.41, 5.74) is 0.673. The zero-order valence-corrected chi connectivity index (χ0v) is 25.2. The van der Waals surface area contributed by atoms with Crippen LogP contribution in [0.3, 0.4) is 0 Å². The Bertz CT molecular complexity index is 1370. The van der Waals surface area contributed by atoms with Gasteiger partial charge in [-0.25, -0.2) is 9.59 Å². The maximum absolute atomic E-state index is 13.9. The second-order valence-electron chi connectivity index (χ2n) is 12.0. The molecule has 0 radical (unpaired) electrons. The van der Waals surface area contributed by atoms with Crippen molar-refractivity contribution in [2.24, 2.45) is 0 Å². The SMILES string of the molecule is CC(C)(C)OC(=O)[C@@H]1Cc2cccc(c2)Oc2cccc(c2)C[C@H](N2CCOC2=O)C(=O)N[C@@H](CC2OCCCO2)C(=O)N1. The van der Waals surface area contributed by atoms with E-state index in [1.165, 1.54) is 4.90 Å². The average Bonchev–Trinajstić information content (AvgIpc) is 3.40. The van der Waals surface area contributed by atoms with Crippen LogP contribution in [0, 0.1) is 0 Å². The lowest BCUT2D eigenvalue weighted by Gasteiger charge is -2.31. The van der Waals surface area contributed by atoms with Crippen molar-refractivity contribution in [3.05, 3.63) is 59.7 Å². The van der Waals surface area contributed by atoms with Crippen molar-refractivity contribution in [2.75, 3.05) is 26.4 Å². The fraction of sp³-hybridized carbons (Fsp3) is 0.500. The minimum atomic E-state index is -1.15. The lowest BCUT2D eigenvalue weighted by Crippen LogP contribution is -2.58. The molecule has 0 spiro atoms. The van der Waals surface area contributed by atoms with Gasteiger partial charge >= 0.3 is 12.1 Å². The summed E-state index contributed by atoms with van der Waals surface area (Å²) in [7, 11) is 0. The minimum Gasteiger partial charge on any atom is -0.458 e. The van der Waals surface area contributed by atoms with E-state index in [4.69, 9.17) is 23.7 Å². The summed E-state index contributed by atoms with van der Waals surface area (Å²) in [5, 5.41) is 5.63. The second-order valence-corrected chi connectivity index (χ2v) is 12.0. The fourth-order valence-corrected chi connectivity index (χ4v) is 5.30. The summed E-state index contributed by atoms with van der Waals surface area (Å²) in [6.07, 6.45) is -0.406. The van der Waals surface area contributed by atoms with E-state index in [2.05, 4.69) is 10.6 Å². The maximum atomic E-state index is 13.9. The molecule has 3 heterocycles. The Kier molecular flexibility index (Phi) is 9.70. The lowest BCUT2D eigenvalue weighted by atomic mass is 10.0. The molecule has 12 nitrogen and oxygen atoms in total. The van der Waals surface area contributed by atoms with Gasteiger partial charge in [-0.05, 0) is 62.6 Å². The Balaban J connectivity index is 1.53. The van der Waals surface area contributed by atoms with Gasteiger partial charge in [-0.1, -0.05) is 24.3 Å². The van der Waals surface area contributed by atoms with Crippen molar-refractivity contribution < 1.29 is 42.9 Å². The number of fused-ring (bicyclic) bond motifs is 4. The van der Waals surface area contributed by atoms with Gasteiger partial charge in [-0.3, -0.25) is 14.5 Å². The summed E-state index contributed by atoms with van der Waals surface area (Å²) in [6.45, 7) is 6.49. The van der Waals surface area contributed by atoms with Crippen LogP contribution >= 0.6 is 0 Å². The summed E-state index contributed by atoms with van der Waals surface area (Å²) < 4.78 is 28.3. The topological polar surface area (TPSA) is 142 Å². The standard InChI is InChI=1S/C32H39N3O9/c1-32(2,3)44-30(38)25-17-20-7-4-9-22(15-20)43-23-10-5-8-21(16-23)18-26(35-11-14-42-31(35)39)29(37)33-24(28(36)34-25)19-27-40-12-6-13-41-27/h4-5,7-10,15-16,24-27H,6,11-14,17-19H2,1-3H3,(H,33,37)(H,34,36)/t24-,25-,26-/m0/s1. The van der Waals surface area contributed by atoms with E-state index in [9.17, 15) is 19.2 Å². The Hall–Kier alpha value is -4.16. The first-order chi connectivity index (χ1) is 21.0. The molecule has 0 saturated carbocycles. The van der Waals surface area contributed by atoms with Gasteiger partial charge in [0.1, 0.15) is 41.8 Å². The Morgan fingerprint density at radius 1 is 0.909 bits per heavy atom. The van der Waals surface area contributed by atoms with E-state index >= 15 is 0 Å². The normalized spacial score (nSPS) is 23.7. The molecule has 0 unspecified atom stereocenters. The van der Waals surface area contributed by atoms with Crippen LogP contribution in [0.2, 0.25) is 0 Å². The van der Waals surface area contributed by atoms with Crippen LogP contribution in [-0.4, -0.2) is 85.2 Å². The molecular formula is C32H39N3O9. The van der Waals surface area contributed by atoms with Crippen molar-refractivity contribution in [2.45, 2.75) is 76.5 Å². The lowest BCUT2D eigenvalue weighted by molar-refractivity contribution is -0.185. The highest BCUT2D eigenvalue weighted by Crippen LogP contribution is 2.26. The molecule has 44 heavy (non-hydrogen) atoms. The molecule has 4 bridgehead atoms. The molecule has 3 aliphatic heterocycles. The third kappa shape index (κ3) is 8.26. The number of hydrogen-bond donors (Lipinski definition) is 2. The van der Waals surface area contributed by atoms with Crippen molar-refractivity contribution in [1.29, 1.82) is 0 Å². The monoisotopic (exact) mass is 609 g/mol. The van der Waals surface area contributed by atoms with E-state index in [0.29, 0.717) is 31.1 Å². The number of nitrogens with one attached hydrogen (secondary N) is 2. The van der Waals surface area contributed by atoms with Gasteiger partial charge in [-0.2, -0.15) is 0 Å². The molecule has 3 atom stereocenters. The number of hydrogen-bond acceptors (Lipinski definition) is 9. The molecule has 2 aromatic rings. The van der Waals surface area contributed by atoms with E-state index in [1.54, 1.807) is 57.2 Å². The molecule has 0 aliphatic carbocycles. The first-order valence-corrected chi connectivity index (χ1v) is 14.9. The predicted molar refractivity (Wildman–Crippen MR) is 157 cm³/mol. The Morgan fingerprint density at radius 3 is 2.18 bits per heavy atom. The largest absolute Gasteiger partial charge is 0.458 e. The molecule has 12 heteroatoms. The number of carbonyl (C=O) groups is 4. The molecule has 0 aromatic heterocycles. The van der Waals surface area contributed by atoms with Gasteiger partial charge in [0.25, 0.3) is 0 Å². The van der Waals surface area contributed by atoms with Crippen LogP contribution in [0.15, 0.2) is 48.5 Å². The number of benzene rings is 2. The molecule has 5 rings (SSSR count).